The van der Waals surface area contributed by atoms with Crippen molar-refractivity contribution in [3.63, 3.8) is 0 Å². The zero-order valence-corrected chi connectivity index (χ0v) is 13.3. The summed E-state index contributed by atoms with van der Waals surface area (Å²) in [7, 11) is 0. The Balaban J connectivity index is 1.50. The highest BCUT2D eigenvalue weighted by Crippen LogP contribution is 2.47. The molecule has 122 valence electrons. The lowest BCUT2D eigenvalue weighted by molar-refractivity contribution is -0.0716. The molecule has 24 heavy (non-hydrogen) atoms. The molecule has 1 heterocycles. The summed E-state index contributed by atoms with van der Waals surface area (Å²) in [5.74, 6) is 0.896. The predicted octanol–water partition coefficient (Wildman–Crippen LogP) is 4.59. The van der Waals surface area contributed by atoms with Crippen LogP contribution in [0.4, 0.5) is 0 Å². The van der Waals surface area contributed by atoms with Crippen LogP contribution in [0.2, 0.25) is 0 Å². The number of hydrogen-bond acceptors (Lipinski definition) is 4. The molecule has 1 aliphatic carbocycles. The van der Waals surface area contributed by atoms with E-state index in [0.717, 1.165) is 31.2 Å². The van der Waals surface area contributed by atoms with Crippen molar-refractivity contribution >= 4 is 12.0 Å². The van der Waals surface area contributed by atoms with Crippen molar-refractivity contribution in [1.29, 1.82) is 0 Å². The van der Waals surface area contributed by atoms with Crippen LogP contribution >= 0.6 is 0 Å². The van der Waals surface area contributed by atoms with Crippen LogP contribution in [0.25, 0.3) is 6.08 Å². The Morgan fingerprint density at radius 1 is 1.04 bits per heavy atom. The molecular formula is C20H18O4. The van der Waals surface area contributed by atoms with E-state index in [2.05, 4.69) is 6.58 Å². The fourth-order valence-electron chi connectivity index (χ4n) is 3.18. The minimum absolute atomic E-state index is 0.403. The van der Waals surface area contributed by atoms with Crippen molar-refractivity contribution < 1.29 is 19.0 Å². The number of ether oxygens (including phenoxy) is 3. The molecule has 1 fully saturated rings. The average Bonchev–Trinajstić information content (AvgIpc) is 3.20. The minimum atomic E-state index is -0.508. The van der Waals surface area contributed by atoms with E-state index >= 15 is 0 Å². The maximum Gasteiger partial charge on any atom is 0.343 e. The fraction of sp³-hybridized carbons (Fsp3) is 0.250. The van der Waals surface area contributed by atoms with Gasteiger partial charge in [-0.1, -0.05) is 24.8 Å². The van der Waals surface area contributed by atoms with Crippen LogP contribution in [-0.4, -0.2) is 11.8 Å². The number of carbonyl (C=O) groups is 1. The van der Waals surface area contributed by atoms with Crippen LogP contribution in [0.5, 0.6) is 17.2 Å². The third kappa shape index (κ3) is 2.64. The highest BCUT2D eigenvalue weighted by Gasteiger charge is 2.44. The molecule has 0 saturated heterocycles. The number of rotatable bonds is 3. The van der Waals surface area contributed by atoms with E-state index in [0.29, 0.717) is 22.8 Å². The first-order valence-corrected chi connectivity index (χ1v) is 8.14. The van der Waals surface area contributed by atoms with E-state index in [9.17, 15) is 4.79 Å². The van der Waals surface area contributed by atoms with Gasteiger partial charge in [0.05, 0.1) is 5.56 Å². The summed E-state index contributed by atoms with van der Waals surface area (Å²) in [6, 6.07) is 12.3. The molecule has 0 unspecified atom stereocenters. The van der Waals surface area contributed by atoms with E-state index in [1.165, 1.54) is 0 Å². The van der Waals surface area contributed by atoms with Gasteiger partial charge in [0.1, 0.15) is 5.75 Å². The molecule has 2 aliphatic rings. The Bertz CT molecular complexity index is 786. The molecule has 0 N–H and O–H groups in total. The Kier molecular flexibility index (Phi) is 3.53. The molecule has 4 rings (SSSR count). The predicted molar refractivity (Wildman–Crippen MR) is 90.4 cm³/mol. The molecule has 2 aromatic carbocycles. The summed E-state index contributed by atoms with van der Waals surface area (Å²) < 4.78 is 17.4. The van der Waals surface area contributed by atoms with E-state index in [1.807, 2.05) is 12.1 Å². The van der Waals surface area contributed by atoms with Crippen LogP contribution in [0.3, 0.4) is 0 Å². The first-order chi connectivity index (χ1) is 11.7. The zero-order valence-electron chi connectivity index (χ0n) is 13.3. The van der Waals surface area contributed by atoms with Crippen LogP contribution in [0.15, 0.2) is 49.0 Å². The normalized spacial score (nSPS) is 17.0. The second kappa shape index (κ2) is 5.71. The molecule has 1 aliphatic heterocycles. The fourth-order valence-corrected chi connectivity index (χ4v) is 3.18. The van der Waals surface area contributed by atoms with Crippen molar-refractivity contribution in [2.24, 2.45) is 0 Å². The molecule has 1 spiro atoms. The Hall–Kier alpha value is -2.75. The van der Waals surface area contributed by atoms with Crippen LogP contribution in [0, 0.1) is 0 Å². The van der Waals surface area contributed by atoms with Crippen LogP contribution in [0.1, 0.15) is 41.6 Å². The number of benzene rings is 2. The Morgan fingerprint density at radius 3 is 2.46 bits per heavy atom. The third-order valence-corrected chi connectivity index (χ3v) is 4.47. The Labute approximate surface area is 140 Å². The van der Waals surface area contributed by atoms with Crippen molar-refractivity contribution in [1.82, 2.24) is 0 Å². The second-order valence-corrected chi connectivity index (χ2v) is 6.15. The first-order valence-electron chi connectivity index (χ1n) is 8.14. The molecular weight excluding hydrogens is 304 g/mol. The van der Waals surface area contributed by atoms with Gasteiger partial charge in [-0.3, -0.25) is 0 Å². The van der Waals surface area contributed by atoms with Gasteiger partial charge in [0.25, 0.3) is 5.79 Å². The summed E-state index contributed by atoms with van der Waals surface area (Å²) in [6.07, 6.45) is 5.73. The quantitative estimate of drug-likeness (QED) is 0.612. The number of hydrogen-bond donors (Lipinski definition) is 0. The van der Waals surface area contributed by atoms with Crippen molar-refractivity contribution in [3.8, 4) is 17.2 Å². The van der Waals surface area contributed by atoms with Crippen LogP contribution < -0.4 is 14.2 Å². The first kappa shape index (κ1) is 14.8. The number of fused-ring (bicyclic) bond motifs is 1. The molecule has 0 amide bonds. The SMILES string of the molecule is C=Cc1ccc(C(=O)Oc2ccc3c(c2)OC2(CCCC2)O3)cc1. The van der Waals surface area contributed by atoms with Gasteiger partial charge in [-0.2, -0.15) is 0 Å². The summed E-state index contributed by atoms with van der Waals surface area (Å²) in [5.41, 5.74) is 1.45. The maximum atomic E-state index is 12.2. The van der Waals surface area contributed by atoms with Crippen molar-refractivity contribution in [2.75, 3.05) is 0 Å². The van der Waals surface area contributed by atoms with Gasteiger partial charge in [-0.25, -0.2) is 4.79 Å². The van der Waals surface area contributed by atoms with Gasteiger partial charge in [0.2, 0.25) is 0 Å². The molecule has 0 atom stereocenters. The van der Waals surface area contributed by atoms with Crippen molar-refractivity contribution in [3.05, 3.63) is 60.2 Å². The van der Waals surface area contributed by atoms with E-state index in [-0.39, 0.29) is 0 Å². The molecule has 0 aromatic heterocycles. The molecule has 0 bridgehead atoms. The lowest BCUT2D eigenvalue weighted by Gasteiger charge is -2.21. The van der Waals surface area contributed by atoms with Gasteiger partial charge in [-0.15, -0.1) is 0 Å². The summed E-state index contributed by atoms with van der Waals surface area (Å²) in [4.78, 5) is 12.2. The smallest absolute Gasteiger partial charge is 0.343 e. The summed E-state index contributed by atoms with van der Waals surface area (Å²) >= 11 is 0. The van der Waals surface area contributed by atoms with Gasteiger partial charge >= 0.3 is 5.97 Å². The van der Waals surface area contributed by atoms with Crippen LogP contribution in [-0.2, 0) is 0 Å². The van der Waals surface area contributed by atoms with Crippen molar-refractivity contribution in [2.45, 2.75) is 31.5 Å². The molecule has 1 saturated carbocycles. The van der Waals surface area contributed by atoms with E-state index in [1.54, 1.807) is 36.4 Å². The van der Waals surface area contributed by atoms with E-state index < -0.39 is 11.8 Å². The topological polar surface area (TPSA) is 44.8 Å². The minimum Gasteiger partial charge on any atom is -0.448 e. The molecule has 0 radical (unpaired) electrons. The monoisotopic (exact) mass is 322 g/mol. The lowest BCUT2D eigenvalue weighted by Crippen LogP contribution is -2.34. The highest BCUT2D eigenvalue weighted by atomic mass is 16.7. The zero-order chi connectivity index (χ0) is 16.6. The molecule has 4 heteroatoms. The standard InChI is InChI=1S/C20H18O4/c1-2-14-5-7-15(8-6-14)19(21)22-16-9-10-17-18(13-16)24-20(23-17)11-3-4-12-20/h2,5-10,13H,1,3-4,11-12H2. The third-order valence-electron chi connectivity index (χ3n) is 4.47. The summed E-state index contributed by atoms with van der Waals surface area (Å²) in [5, 5.41) is 0. The Morgan fingerprint density at radius 2 is 1.75 bits per heavy atom. The number of carbonyl (C=O) groups excluding carboxylic acids is 1. The highest BCUT2D eigenvalue weighted by molar-refractivity contribution is 5.91. The van der Waals surface area contributed by atoms with Gasteiger partial charge in [-0.05, 0) is 42.7 Å². The van der Waals surface area contributed by atoms with E-state index in [4.69, 9.17) is 14.2 Å². The van der Waals surface area contributed by atoms with Gasteiger partial charge < -0.3 is 14.2 Å². The molecule has 4 nitrogen and oxygen atoms in total. The maximum absolute atomic E-state index is 12.2. The summed E-state index contributed by atoms with van der Waals surface area (Å²) in [6.45, 7) is 3.69. The molecule has 2 aromatic rings. The van der Waals surface area contributed by atoms with Gasteiger partial charge in [0.15, 0.2) is 11.5 Å². The van der Waals surface area contributed by atoms with Gasteiger partial charge in [0, 0.05) is 18.9 Å². The largest absolute Gasteiger partial charge is 0.448 e. The number of esters is 1. The average molecular weight is 322 g/mol. The second-order valence-electron chi connectivity index (χ2n) is 6.15. The lowest BCUT2D eigenvalue weighted by atomic mass is 10.1.